The van der Waals surface area contributed by atoms with E-state index in [1.54, 1.807) is 16.7 Å². The first-order valence-corrected chi connectivity index (χ1v) is 13.0. The van der Waals surface area contributed by atoms with Crippen LogP contribution in [-0.4, -0.2) is 23.7 Å². The Balaban J connectivity index is 2.06. The fraction of sp³-hybridized carbons (Fsp3) is 0.533. The molecule has 32 heavy (non-hydrogen) atoms. The molecular weight excluding hydrogens is 385 g/mol. The lowest BCUT2D eigenvalue weighted by Gasteiger charge is -2.43. The van der Waals surface area contributed by atoms with Crippen molar-refractivity contribution in [3.8, 4) is 0 Å². The molecule has 0 heterocycles. The summed E-state index contributed by atoms with van der Waals surface area (Å²) in [4.78, 5) is 2.81. The predicted octanol–water partition coefficient (Wildman–Crippen LogP) is 8.17. The van der Waals surface area contributed by atoms with Gasteiger partial charge in [-0.3, -0.25) is 0 Å². The number of nitrogens with zero attached hydrogens (tertiary/aromatic N) is 1. The largest absolute Gasteiger partial charge is 0.337 e. The maximum absolute atomic E-state index is 3.94. The van der Waals surface area contributed by atoms with Gasteiger partial charge < -0.3 is 4.81 Å². The smallest absolute Gasteiger partial charge is 0.238 e. The van der Waals surface area contributed by atoms with Gasteiger partial charge in [0.25, 0.3) is 0 Å². The van der Waals surface area contributed by atoms with Gasteiger partial charge in [0.1, 0.15) is 0 Å². The first-order valence-electron chi connectivity index (χ1n) is 13.0. The average Bonchev–Trinajstić information content (AvgIpc) is 3.15. The molecule has 0 saturated heterocycles. The zero-order valence-electron chi connectivity index (χ0n) is 21.4. The van der Waals surface area contributed by atoms with Crippen molar-refractivity contribution in [2.45, 2.75) is 103 Å². The summed E-state index contributed by atoms with van der Waals surface area (Å²) in [6.07, 6.45) is 8.08. The molecule has 0 spiro atoms. The predicted molar refractivity (Wildman–Crippen MR) is 143 cm³/mol. The minimum absolute atomic E-state index is 0.487. The van der Waals surface area contributed by atoms with Crippen molar-refractivity contribution in [2.24, 2.45) is 0 Å². The van der Waals surface area contributed by atoms with E-state index in [1.165, 1.54) is 24.8 Å². The topological polar surface area (TPSA) is 3.24 Å². The van der Waals surface area contributed by atoms with E-state index in [-0.39, 0.29) is 0 Å². The van der Waals surface area contributed by atoms with Gasteiger partial charge in [-0.2, -0.15) is 0 Å². The number of hydrogen-bond donors (Lipinski definition) is 0. The van der Waals surface area contributed by atoms with Crippen molar-refractivity contribution in [1.29, 1.82) is 0 Å². The van der Waals surface area contributed by atoms with Gasteiger partial charge in [-0.25, -0.2) is 0 Å². The Morgan fingerprint density at radius 3 is 2.22 bits per heavy atom. The van der Waals surface area contributed by atoms with E-state index in [9.17, 15) is 0 Å². The molecule has 3 unspecified atom stereocenters. The zero-order valence-corrected chi connectivity index (χ0v) is 21.4. The minimum Gasteiger partial charge on any atom is -0.337 e. The van der Waals surface area contributed by atoms with Crippen LogP contribution in [0.1, 0.15) is 107 Å². The summed E-state index contributed by atoms with van der Waals surface area (Å²) in [6, 6.07) is 19.5. The Morgan fingerprint density at radius 1 is 0.969 bits per heavy atom. The van der Waals surface area contributed by atoms with E-state index in [2.05, 4.69) is 108 Å². The molecular formula is C30H44BN. The third kappa shape index (κ3) is 5.23. The first-order chi connectivity index (χ1) is 15.4. The van der Waals surface area contributed by atoms with Crippen LogP contribution in [0.25, 0.3) is 0 Å². The monoisotopic (exact) mass is 429 g/mol. The standard InChI is InChI=1S/C30H44BN/c1-8-10-11-17-26-21-30(29-20-15-14-19-28(26)29)31(32(22(3)4)23(5)6)24(7)27-18-13-12-16-25(27)9-2/h8,12-16,18-20,22-24,26,30H,1,9-11,17,21H2,2-7H3. The minimum atomic E-state index is 0.487. The second-order valence-electron chi connectivity index (χ2n) is 10.4. The van der Waals surface area contributed by atoms with Crippen LogP contribution in [0.4, 0.5) is 0 Å². The Morgan fingerprint density at radius 2 is 1.59 bits per heavy atom. The SMILES string of the molecule is C=CCCCC1CC(B(C(C)c2ccccc2CC)N(C(C)C)C(C)C)c2ccccc21. The fourth-order valence-electron chi connectivity index (χ4n) is 6.47. The van der Waals surface area contributed by atoms with E-state index in [4.69, 9.17) is 0 Å². The number of aryl methyl sites for hydroxylation is 1. The molecule has 0 saturated carbocycles. The van der Waals surface area contributed by atoms with Crippen LogP contribution in [-0.2, 0) is 6.42 Å². The van der Waals surface area contributed by atoms with E-state index in [1.807, 2.05) is 0 Å². The molecule has 1 aliphatic rings. The third-order valence-corrected chi connectivity index (χ3v) is 7.72. The van der Waals surface area contributed by atoms with Gasteiger partial charge in [0.15, 0.2) is 0 Å². The average molecular weight is 430 g/mol. The molecule has 2 aromatic rings. The maximum atomic E-state index is 3.94. The summed E-state index contributed by atoms with van der Waals surface area (Å²) in [5, 5.41) is 0. The normalized spacial score (nSPS) is 18.9. The highest BCUT2D eigenvalue weighted by atomic mass is 15.1. The van der Waals surface area contributed by atoms with E-state index in [0.717, 1.165) is 12.8 Å². The van der Waals surface area contributed by atoms with Crippen molar-refractivity contribution in [2.75, 3.05) is 0 Å². The summed E-state index contributed by atoms with van der Waals surface area (Å²) < 4.78 is 0. The second kappa shape index (κ2) is 11.4. The number of benzene rings is 2. The van der Waals surface area contributed by atoms with Gasteiger partial charge in [-0.1, -0.05) is 96.1 Å². The number of unbranched alkanes of at least 4 members (excludes halogenated alkanes) is 1. The molecule has 1 nitrogen and oxygen atoms in total. The van der Waals surface area contributed by atoms with Crippen molar-refractivity contribution in [3.05, 3.63) is 83.4 Å². The number of fused-ring (bicyclic) bond motifs is 1. The van der Waals surface area contributed by atoms with Crippen molar-refractivity contribution < 1.29 is 0 Å². The molecule has 2 aromatic carbocycles. The molecule has 0 aliphatic heterocycles. The first kappa shape index (κ1) is 24.8. The highest BCUT2D eigenvalue weighted by Gasteiger charge is 2.45. The van der Waals surface area contributed by atoms with Crippen molar-refractivity contribution >= 4 is 6.85 Å². The third-order valence-electron chi connectivity index (χ3n) is 7.72. The highest BCUT2D eigenvalue weighted by Crippen LogP contribution is 2.48. The van der Waals surface area contributed by atoms with Crippen LogP contribution in [0.3, 0.4) is 0 Å². The summed E-state index contributed by atoms with van der Waals surface area (Å²) in [5.74, 6) is 1.74. The molecule has 0 amide bonds. The zero-order chi connectivity index (χ0) is 23.3. The lowest BCUT2D eigenvalue weighted by Crippen LogP contribution is -2.54. The Hall–Kier alpha value is -1.80. The summed E-state index contributed by atoms with van der Waals surface area (Å²) in [6.45, 7) is 18.8. The Labute approximate surface area is 198 Å². The molecule has 0 bridgehead atoms. The van der Waals surface area contributed by atoms with Crippen LogP contribution in [0.5, 0.6) is 0 Å². The van der Waals surface area contributed by atoms with Gasteiger partial charge in [0.2, 0.25) is 6.85 Å². The fourth-order valence-corrected chi connectivity index (χ4v) is 6.47. The Kier molecular flexibility index (Phi) is 8.83. The van der Waals surface area contributed by atoms with Gasteiger partial charge in [0, 0.05) is 0 Å². The summed E-state index contributed by atoms with van der Waals surface area (Å²) in [5.41, 5.74) is 6.26. The van der Waals surface area contributed by atoms with E-state index >= 15 is 0 Å². The summed E-state index contributed by atoms with van der Waals surface area (Å²) >= 11 is 0. The van der Waals surface area contributed by atoms with Crippen LogP contribution < -0.4 is 0 Å². The number of rotatable bonds is 11. The molecule has 0 N–H and O–H groups in total. The number of allylic oxidation sites excluding steroid dienone is 1. The lowest BCUT2D eigenvalue weighted by atomic mass is 9.38. The quantitative estimate of drug-likeness (QED) is 0.198. The molecule has 2 heteroatoms. The molecule has 172 valence electrons. The van der Waals surface area contributed by atoms with Gasteiger partial charge in [0.05, 0.1) is 0 Å². The van der Waals surface area contributed by atoms with E-state index in [0.29, 0.717) is 36.5 Å². The highest BCUT2D eigenvalue weighted by molar-refractivity contribution is 6.59. The molecule has 3 rings (SSSR count). The van der Waals surface area contributed by atoms with Gasteiger partial charge in [-0.15, -0.1) is 6.58 Å². The summed E-state index contributed by atoms with van der Waals surface area (Å²) in [7, 11) is 0. The molecule has 0 fully saturated rings. The van der Waals surface area contributed by atoms with Gasteiger partial charge in [-0.05, 0) is 84.0 Å². The maximum Gasteiger partial charge on any atom is 0.238 e. The second-order valence-corrected chi connectivity index (χ2v) is 10.4. The Bertz CT molecular complexity index is 863. The van der Waals surface area contributed by atoms with Crippen LogP contribution in [0.15, 0.2) is 61.2 Å². The number of hydrogen-bond acceptors (Lipinski definition) is 1. The van der Waals surface area contributed by atoms with E-state index < -0.39 is 0 Å². The molecule has 3 atom stereocenters. The van der Waals surface area contributed by atoms with Crippen LogP contribution in [0, 0.1) is 0 Å². The molecule has 0 radical (unpaired) electrons. The van der Waals surface area contributed by atoms with Crippen molar-refractivity contribution in [1.82, 2.24) is 4.81 Å². The molecule has 0 aromatic heterocycles. The van der Waals surface area contributed by atoms with Crippen LogP contribution >= 0.6 is 0 Å². The van der Waals surface area contributed by atoms with Gasteiger partial charge >= 0.3 is 0 Å². The molecule has 1 aliphatic carbocycles. The lowest BCUT2D eigenvalue weighted by molar-refractivity contribution is 0.291. The van der Waals surface area contributed by atoms with Crippen molar-refractivity contribution in [3.63, 3.8) is 0 Å². The van der Waals surface area contributed by atoms with Crippen LogP contribution in [0.2, 0.25) is 0 Å².